The van der Waals surface area contributed by atoms with Crippen LogP contribution in [0.4, 0.5) is 4.39 Å². The third kappa shape index (κ3) is 8.12. The van der Waals surface area contributed by atoms with Crippen LogP contribution in [0.15, 0.2) is 121 Å². The van der Waals surface area contributed by atoms with Crippen LogP contribution in [0.3, 0.4) is 0 Å². The first-order valence-electron chi connectivity index (χ1n) is 14.6. The number of carbonyl (C=O) groups excluding carboxylic acids is 1. The molecule has 0 aliphatic rings. The molecule has 2 atom stereocenters. The molecule has 0 aliphatic heterocycles. The number of fused-ring (bicyclic) bond motifs is 1. The molecule has 0 saturated heterocycles. The van der Waals surface area contributed by atoms with E-state index in [1.54, 1.807) is 0 Å². The van der Waals surface area contributed by atoms with Crippen molar-refractivity contribution >= 4 is 16.7 Å². The molecule has 5 aromatic rings. The summed E-state index contributed by atoms with van der Waals surface area (Å²) in [6.07, 6.45) is 1.77. The quantitative estimate of drug-likeness (QED) is 0.158. The van der Waals surface area contributed by atoms with Crippen LogP contribution in [-0.2, 0) is 24.1 Å². The van der Waals surface area contributed by atoms with Crippen LogP contribution in [0.25, 0.3) is 21.9 Å². The largest absolute Gasteiger partial charge is 0.351 e. The Morgan fingerprint density at radius 2 is 1.33 bits per heavy atom. The summed E-state index contributed by atoms with van der Waals surface area (Å²) in [6, 6.07) is 39.9. The van der Waals surface area contributed by atoms with E-state index in [1.165, 1.54) is 28.5 Å². The molecule has 214 valence electrons. The molecular weight excluding hydrogens is 521 g/mol. The molecule has 0 radical (unpaired) electrons. The lowest BCUT2D eigenvalue weighted by Crippen LogP contribution is -2.49. The number of benzene rings is 5. The number of hydrogen-bond acceptors (Lipinski definition) is 3. The van der Waals surface area contributed by atoms with E-state index in [0.29, 0.717) is 19.4 Å². The minimum atomic E-state index is -0.232. The van der Waals surface area contributed by atoms with E-state index in [4.69, 9.17) is 0 Å². The monoisotopic (exact) mass is 559 g/mol. The van der Waals surface area contributed by atoms with Gasteiger partial charge in [0.05, 0.1) is 6.42 Å². The average Bonchev–Trinajstić information content (AvgIpc) is 3.02. The lowest BCUT2D eigenvalue weighted by molar-refractivity contribution is -0.121. The van der Waals surface area contributed by atoms with E-state index in [9.17, 15) is 9.18 Å². The molecule has 3 N–H and O–H groups in total. The Morgan fingerprint density at radius 1 is 0.667 bits per heavy atom. The van der Waals surface area contributed by atoms with Crippen LogP contribution in [0.2, 0.25) is 0 Å². The fraction of sp³-hybridized carbons (Fsp3) is 0.216. The summed E-state index contributed by atoms with van der Waals surface area (Å²) in [5.74, 6) is -0.234. The average molecular weight is 560 g/mol. The smallest absolute Gasteiger partial charge is 0.224 e. The van der Waals surface area contributed by atoms with Gasteiger partial charge in [-0.15, -0.1) is 0 Å². The summed E-state index contributed by atoms with van der Waals surface area (Å²) in [5.41, 5.74) is 5.54. The first-order valence-corrected chi connectivity index (χ1v) is 14.6. The fourth-order valence-electron chi connectivity index (χ4n) is 5.50. The van der Waals surface area contributed by atoms with Crippen LogP contribution >= 0.6 is 0 Å². The number of rotatable bonds is 13. The molecule has 4 nitrogen and oxygen atoms in total. The van der Waals surface area contributed by atoms with Gasteiger partial charge in [-0.2, -0.15) is 0 Å². The Kier molecular flexibility index (Phi) is 10.1. The molecule has 0 fully saturated rings. The van der Waals surface area contributed by atoms with Crippen molar-refractivity contribution in [3.8, 4) is 11.1 Å². The van der Waals surface area contributed by atoms with Crippen LogP contribution in [0.5, 0.6) is 0 Å². The first kappa shape index (κ1) is 29.2. The summed E-state index contributed by atoms with van der Waals surface area (Å²) in [7, 11) is 1.93. The van der Waals surface area contributed by atoms with E-state index in [-0.39, 0.29) is 23.8 Å². The maximum absolute atomic E-state index is 13.5. The number of carbonyl (C=O) groups is 1. The zero-order chi connectivity index (χ0) is 29.1. The van der Waals surface area contributed by atoms with Gasteiger partial charge < -0.3 is 16.0 Å². The zero-order valence-corrected chi connectivity index (χ0v) is 24.0. The standard InChI is InChI=1S/C37H38FN3O/c1-39-25-34(22-27-16-20-33(38)21-17-27)40-26-35(24-32-12-7-11-31-10-5-6-13-36(31)32)41-37(42)23-28-14-18-30(19-15-28)29-8-3-2-4-9-29/h2-21,34-35,39-40H,22-26H2,1H3,(H,41,42)/t34-,35+/m0/s1. The highest BCUT2D eigenvalue weighted by molar-refractivity contribution is 5.86. The highest BCUT2D eigenvalue weighted by Gasteiger charge is 2.18. The number of amides is 1. The Labute approximate surface area is 248 Å². The molecule has 5 heteroatoms. The van der Waals surface area contributed by atoms with Crippen molar-refractivity contribution in [1.29, 1.82) is 0 Å². The van der Waals surface area contributed by atoms with Crippen LogP contribution < -0.4 is 16.0 Å². The maximum atomic E-state index is 13.5. The highest BCUT2D eigenvalue weighted by Crippen LogP contribution is 2.21. The van der Waals surface area contributed by atoms with Gasteiger partial charge in [-0.05, 0) is 70.6 Å². The second-order valence-electron chi connectivity index (χ2n) is 10.8. The summed E-state index contributed by atoms with van der Waals surface area (Å²) in [6.45, 7) is 1.36. The van der Waals surface area contributed by atoms with E-state index < -0.39 is 0 Å². The van der Waals surface area contributed by atoms with E-state index in [0.717, 1.165) is 35.2 Å². The molecule has 42 heavy (non-hydrogen) atoms. The van der Waals surface area contributed by atoms with Crippen molar-refractivity contribution in [2.24, 2.45) is 0 Å². The number of hydrogen-bond donors (Lipinski definition) is 3. The minimum Gasteiger partial charge on any atom is -0.351 e. The van der Waals surface area contributed by atoms with Gasteiger partial charge in [0.15, 0.2) is 0 Å². The van der Waals surface area contributed by atoms with Crippen LogP contribution in [0, 0.1) is 5.82 Å². The number of nitrogens with one attached hydrogen (secondary N) is 3. The van der Waals surface area contributed by atoms with Crippen LogP contribution in [-0.4, -0.2) is 38.1 Å². The summed E-state index contributed by atoms with van der Waals surface area (Å²) in [4.78, 5) is 13.3. The molecule has 0 bridgehead atoms. The number of halogens is 1. The molecule has 0 aliphatic carbocycles. The molecule has 0 heterocycles. The van der Waals surface area contributed by atoms with Crippen molar-refractivity contribution in [2.45, 2.75) is 31.3 Å². The summed E-state index contributed by atoms with van der Waals surface area (Å²) in [5, 5.41) is 12.7. The Morgan fingerprint density at radius 3 is 2.10 bits per heavy atom. The molecule has 0 spiro atoms. The van der Waals surface area contributed by atoms with Crippen molar-refractivity contribution < 1.29 is 9.18 Å². The topological polar surface area (TPSA) is 53.2 Å². The van der Waals surface area contributed by atoms with Crippen molar-refractivity contribution in [1.82, 2.24) is 16.0 Å². The Balaban J connectivity index is 1.29. The normalized spacial score (nSPS) is 12.6. The van der Waals surface area contributed by atoms with Gasteiger partial charge in [0.1, 0.15) is 5.82 Å². The molecule has 5 aromatic carbocycles. The van der Waals surface area contributed by atoms with Gasteiger partial charge in [0.25, 0.3) is 0 Å². The Hall–Kier alpha value is -4.32. The van der Waals surface area contributed by atoms with Gasteiger partial charge in [0.2, 0.25) is 5.91 Å². The zero-order valence-electron chi connectivity index (χ0n) is 24.0. The molecule has 1 amide bonds. The molecular formula is C37H38FN3O. The van der Waals surface area contributed by atoms with Gasteiger partial charge >= 0.3 is 0 Å². The highest BCUT2D eigenvalue weighted by atomic mass is 19.1. The van der Waals surface area contributed by atoms with Crippen LogP contribution in [0.1, 0.15) is 16.7 Å². The van der Waals surface area contributed by atoms with Crippen molar-refractivity contribution in [3.63, 3.8) is 0 Å². The lowest BCUT2D eigenvalue weighted by atomic mass is 9.98. The molecule has 0 saturated carbocycles. The SMILES string of the molecule is CNC[C@H](Cc1ccc(F)cc1)NC[C@@H](Cc1cccc2ccccc12)NC(=O)Cc1ccc(-c2ccccc2)cc1. The third-order valence-electron chi connectivity index (χ3n) is 7.64. The molecule has 0 unspecified atom stereocenters. The predicted octanol–water partition coefficient (Wildman–Crippen LogP) is 6.34. The number of likely N-dealkylation sites (N-methyl/N-ethyl adjacent to an activating group) is 1. The van der Waals surface area contributed by atoms with Crippen molar-refractivity contribution in [2.75, 3.05) is 20.1 Å². The Bertz CT molecular complexity index is 1560. The first-order chi connectivity index (χ1) is 20.6. The lowest BCUT2D eigenvalue weighted by Gasteiger charge is -2.25. The van der Waals surface area contributed by atoms with Gasteiger partial charge in [-0.25, -0.2) is 4.39 Å². The second kappa shape index (κ2) is 14.5. The maximum Gasteiger partial charge on any atom is 0.224 e. The van der Waals surface area contributed by atoms with E-state index in [2.05, 4.69) is 76.6 Å². The fourth-order valence-corrected chi connectivity index (χ4v) is 5.50. The second-order valence-corrected chi connectivity index (χ2v) is 10.8. The third-order valence-corrected chi connectivity index (χ3v) is 7.64. The van der Waals surface area contributed by atoms with Gasteiger partial charge in [-0.3, -0.25) is 4.79 Å². The molecule has 0 aromatic heterocycles. The van der Waals surface area contributed by atoms with E-state index >= 15 is 0 Å². The predicted molar refractivity (Wildman–Crippen MR) is 171 cm³/mol. The van der Waals surface area contributed by atoms with Gasteiger partial charge in [0, 0.05) is 25.2 Å². The summed E-state index contributed by atoms with van der Waals surface area (Å²) >= 11 is 0. The van der Waals surface area contributed by atoms with E-state index in [1.807, 2.05) is 55.6 Å². The van der Waals surface area contributed by atoms with Crippen molar-refractivity contribution in [3.05, 3.63) is 144 Å². The minimum absolute atomic E-state index is 0.00167. The van der Waals surface area contributed by atoms with Gasteiger partial charge in [-0.1, -0.05) is 109 Å². The summed E-state index contributed by atoms with van der Waals surface area (Å²) < 4.78 is 13.5. The molecule has 5 rings (SSSR count).